The highest BCUT2D eigenvalue weighted by atomic mass is 32.2. The number of aliphatic hydroxyl groups is 1. The molecule has 5 aromatic rings. The van der Waals surface area contributed by atoms with Crippen molar-refractivity contribution in [2.45, 2.75) is 87.9 Å². The van der Waals surface area contributed by atoms with Crippen LogP contribution in [0.2, 0.25) is 0 Å². The van der Waals surface area contributed by atoms with E-state index in [-0.39, 0.29) is 30.6 Å². The van der Waals surface area contributed by atoms with Crippen molar-refractivity contribution in [2.75, 3.05) is 16.8 Å². The number of thioether (sulfide) groups is 1. The van der Waals surface area contributed by atoms with Gasteiger partial charge in [0.2, 0.25) is 11.8 Å². The van der Waals surface area contributed by atoms with E-state index in [9.17, 15) is 14.7 Å². The van der Waals surface area contributed by atoms with E-state index in [1.165, 1.54) is 0 Å². The molecule has 0 saturated carbocycles. The van der Waals surface area contributed by atoms with E-state index in [1.54, 1.807) is 35.2 Å². The van der Waals surface area contributed by atoms with Crippen LogP contribution in [0.15, 0.2) is 101 Å². The molecule has 2 heterocycles. The van der Waals surface area contributed by atoms with Crippen LogP contribution in [0, 0.1) is 6.92 Å². The summed E-state index contributed by atoms with van der Waals surface area (Å²) in [5.74, 6) is 0.684. The Kier molecular flexibility index (Phi) is 14.2. The van der Waals surface area contributed by atoms with E-state index >= 15 is 0 Å². The molecule has 2 amide bonds. The van der Waals surface area contributed by atoms with Crippen LogP contribution >= 0.6 is 23.1 Å². The fourth-order valence-electron chi connectivity index (χ4n) is 6.33. The molecule has 1 aliphatic rings. The highest BCUT2D eigenvalue weighted by Gasteiger charge is 2.32. The minimum absolute atomic E-state index is 0.00310. The van der Waals surface area contributed by atoms with Crippen molar-refractivity contribution in [3.05, 3.63) is 124 Å². The number of hydrogen-bond donors (Lipinski definition) is 4. The Morgan fingerprint density at radius 1 is 0.852 bits per heavy atom. The summed E-state index contributed by atoms with van der Waals surface area (Å²) >= 11 is 3.23. The lowest BCUT2D eigenvalue weighted by Gasteiger charge is -2.36. The first kappa shape index (κ1) is 39.1. The molecule has 10 nitrogen and oxygen atoms in total. The summed E-state index contributed by atoms with van der Waals surface area (Å²) in [5.41, 5.74) is 13.0. The maximum atomic E-state index is 12.7. The number of nitrogen functional groups attached to an aromatic ring is 1. The van der Waals surface area contributed by atoms with Crippen LogP contribution in [0.4, 0.5) is 11.4 Å². The van der Waals surface area contributed by atoms with Crippen LogP contribution in [0.5, 0.6) is 0 Å². The number of nitrogens with one attached hydrogen (secondary N) is 2. The number of ether oxygens (including phenoxy) is 2. The van der Waals surface area contributed by atoms with Crippen molar-refractivity contribution in [1.29, 1.82) is 0 Å². The SMILES string of the molecule is Cc1nnc(SCC2CC(c3ccc(CO)cc3)OC(c3ccc(-c4ccccc4CNC(=O)CCCCCCC(=O)Nc4ccccc4N)cc3)O2)s1. The summed E-state index contributed by atoms with van der Waals surface area (Å²) < 4.78 is 14.0. The first-order valence-corrected chi connectivity index (χ1v) is 20.2. The average Bonchev–Trinajstić information content (AvgIpc) is 3.63. The normalized spacial score (nSPS) is 16.9. The van der Waals surface area contributed by atoms with E-state index < -0.39 is 6.29 Å². The zero-order valence-corrected chi connectivity index (χ0v) is 32.0. The van der Waals surface area contributed by atoms with Gasteiger partial charge in [-0.1, -0.05) is 121 Å². The van der Waals surface area contributed by atoms with Crippen LogP contribution < -0.4 is 16.4 Å². The van der Waals surface area contributed by atoms with Gasteiger partial charge in [-0.3, -0.25) is 9.59 Å². The number of amides is 2. The van der Waals surface area contributed by atoms with E-state index in [1.807, 2.05) is 73.7 Å². The Balaban J connectivity index is 1.00. The number of carbonyl (C=O) groups excluding carboxylic acids is 2. The first-order chi connectivity index (χ1) is 26.3. The Morgan fingerprint density at radius 3 is 2.28 bits per heavy atom. The van der Waals surface area contributed by atoms with Crippen LogP contribution in [-0.2, 0) is 32.2 Å². The fraction of sp³-hybridized carbons (Fsp3) is 0.333. The van der Waals surface area contributed by atoms with Crippen molar-refractivity contribution < 1.29 is 24.2 Å². The summed E-state index contributed by atoms with van der Waals surface area (Å²) in [7, 11) is 0. The summed E-state index contributed by atoms with van der Waals surface area (Å²) in [4.78, 5) is 25.0. The number of carbonyl (C=O) groups is 2. The number of para-hydroxylation sites is 2. The van der Waals surface area contributed by atoms with Gasteiger partial charge in [0.1, 0.15) is 5.01 Å². The number of aromatic nitrogens is 2. The van der Waals surface area contributed by atoms with Gasteiger partial charge in [-0.2, -0.15) is 0 Å². The maximum absolute atomic E-state index is 12.7. The minimum Gasteiger partial charge on any atom is -0.397 e. The predicted octanol–water partition coefficient (Wildman–Crippen LogP) is 8.52. The molecule has 1 aliphatic heterocycles. The van der Waals surface area contributed by atoms with Crippen LogP contribution in [0.25, 0.3) is 11.1 Å². The smallest absolute Gasteiger partial charge is 0.224 e. The van der Waals surface area contributed by atoms with E-state index in [4.69, 9.17) is 15.2 Å². The lowest BCUT2D eigenvalue weighted by Crippen LogP contribution is -2.31. The van der Waals surface area contributed by atoms with Gasteiger partial charge in [-0.15, -0.1) is 10.2 Å². The molecule has 282 valence electrons. The molecule has 4 aromatic carbocycles. The number of rotatable bonds is 17. The van der Waals surface area contributed by atoms with Gasteiger partial charge in [-0.25, -0.2) is 0 Å². The summed E-state index contributed by atoms with van der Waals surface area (Å²) in [6.45, 7) is 2.38. The van der Waals surface area contributed by atoms with Crippen molar-refractivity contribution in [1.82, 2.24) is 15.5 Å². The number of aliphatic hydroxyl groups excluding tert-OH is 1. The number of hydrogen-bond acceptors (Lipinski definition) is 10. The quantitative estimate of drug-likeness (QED) is 0.0415. The Labute approximate surface area is 324 Å². The molecule has 3 unspecified atom stereocenters. The van der Waals surface area contributed by atoms with Crippen LogP contribution in [0.3, 0.4) is 0 Å². The predicted molar refractivity (Wildman–Crippen MR) is 215 cm³/mol. The highest BCUT2D eigenvalue weighted by molar-refractivity contribution is 8.01. The van der Waals surface area contributed by atoms with Gasteiger partial charge in [0.05, 0.1) is 30.2 Å². The molecule has 3 atom stereocenters. The fourth-order valence-corrected chi connectivity index (χ4v) is 8.19. The molecule has 12 heteroatoms. The Morgan fingerprint density at radius 2 is 1.56 bits per heavy atom. The Bertz CT molecular complexity index is 1970. The van der Waals surface area contributed by atoms with E-state index in [0.29, 0.717) is 37.2 Å². The van der Waals surface area contributed by atoms with Gasteiger partial charge in [0, 0.05) is 37.1 Å². The molecule has 0 bridgehead atoms. The van der Waals surface area contributed by atoms with Crippen LogP contribution in [0.1, 0.15) is 84.6 Å². The number of nitrogens with zero attached hydrogens (tertiary/aromatic N) is 2. The maximum Gasteiger partial charge on any atom is 0.224 e. The third kappa shape index (κ3) is 11.2. The first-order valence-electron chi connectivity index (χ1n) is 18.4. The summed E-state index contributed by atoms with van der Waals surface area (Å²) in [6, 6.07) is 31.5. The number of nitrogens with two attached hydrogens (primary N) is 1. The Hall–Kier alpha value is -4.59. The van der Waals surface area contributed by atoms with Crippen molar-refractivity contribution >= 4 is 46.3 Å². The molecule has 5 N–H and O–H groups in total. The second-order valence-electron chi connectivity index (χ2n) is 13.4. The molecule has 1 saturated heterocycles. The molecule has 0 radical (unpaired) electrons. The lowest BCUT2D eigenvalue weighted by molar-refractivity contribution is -0.245. The van der Waals surface area contributed by atoms with Gasteiger partial charge in [-0.05, 0) is 59.7 Å². The molecule has 1 aromatic heterocycles. The molecular weight excluding hydrogens is 719 g/mol. The largest absolute Gasteiger partial charge is 0.397 e. The summed E-state index contributed by atoms with van der Waals surface area (Å²) in [5, 5.41) is 24.8. The third-order valence-electron chi connectivity index (χ3n) is 9.29. The average molecular weight is 766 g/mol. The highest BCUT2D eigenvalue weighted by Crippen LogP contribution is 2.40. The zero-order chi connectivity index (χ0) is 37.7. The van der Waals surface area contributed by atoms with Gasteiger partial charge < -0.3 is 30.9 Å². The second kappa shape index (κ2) is 19.7. The molecular formula is C42H47N5O5S2. The van der Waals surface area contributed by atoms with Crippen molar-refractivity contribution in [2.24, 2.45) is 0 Å². The zero-order valence-electron chi connectivity index (χ0n) is 30.4. The number of anilines is 2. The van der Waals surface area contributed by atoms with Crippen molar-refractivity contribution in [3.63, 3.8) is 0 Å². The molecule has 0 spiro atoms. The monoisotopic (exact) mass is 765 g/mol. The van der Waals surface area contributed by atoms with E-state index in [0.717, 1.165) is 74.2 Å². The van der Waals surface area contributed by atoms with E-state index in [2.05, 4.69) is 39.0 Å². The minimum atomic E-state index is -0.558. The topological polar surface area (TPSA) is 149 Å². The van der Waals surface area contributed by atoms with Gasteiger partial charge in [0.15, 0.2) is 10.6 Å². The van der Waals surface area contributed by atoms with Gasteiger partial charge >= 0.3 is 0 Å². The number of benzene rings is 4. The molecule has 0 aliphatic carbocycles. The molecule has 1 fully saturated rings. The van der Waals surface area contributed by atoms with Gasteiger partial charge in [0.25, 0.3) is 0 Å². The standard InChI is InChI=1S/C42H47N5O5S2/c1-28-46-47-42(54-28)53-27-34-24-38(31-18-16-29(26-48)17-19-31)52-41(51-34)32-22-20-30(21-23-32)35-11-7-6-10-33(35)25-44-39(49)14-4-2-3-5-15-40(50)45-37-13-9-8-12-36(37)43/h6-13,16-23,34,38,41,48H,2-5,14-15,24-27,43H2,1H3,(H,44,49)(H,45,50). The number of aryl methyl sites for hydroxylation is 1. The summed E-state index contributed by atoms with van der Waals surface area (Å²) in [6.07, 6.45) is 4.04. The molecule has 6 rings (SSSR count). The van der Waals surface area contributed by atoms with Crippen molar-refractivity contribution in [3.8, 4) is 11.1 Å². The van der Waals surface area contributed by atoms with Crippen LogP contribution in [-0.4, -0.2) is 39.0 Å². The lowest BCUT2D eigenvalue weighted by atomic mass is 9.97. The number of unbranched alkanes of at least 4 members (excludes halogenated alkanes) is 3. The second-order valence-corrected chi connectivity index (χ2v) is 15.8. The third-order valence-corrected chi connectivity index (χ3v) is 11.4. The molecule has 54 heavy (non-hydrogen) atoms.